The first kappa shape index (κ1) is 13.5. The fraction of sp³-hybridized carbons (Fsp3) is 0.615. The van der Waals surface area contributed by atoms with E-state index in [4.69, 9.17) is 0 Å². The van der Waals surface area contributed by atoms with E-state index >= 15 is 0 Å². The molecule has 0 fully saturated rings. The molecule has 1 aromatic heterocycles. The van der Waals surface area contributed by atoms with Crippen LogP contribution in [0.4, 0.5) is 0 Å². The minimum absolute atomic E-state index is 0.315. The lowest BCUT2D eigenvalue weighted by molar-refractivity contribution is 0.601. The highest BCUT2D eigenvalue weighted by atomic mass is 32.2. The molecule has 1 heterocycles. The van der Waals surface area contributed by atoms with Gasteiger partial charge in [-0.3, -0.25) is 4.98 Å². The van der Waals surface area contributed by atoms with Gasteiger partial charge in [0.25, 0.3) is 0 Å². The number of nitrogens with zero attached hydrogens (tertiary/aromatic N) is 1. The molecule has 1 unspecified atom stereocenters. The average molecular weight is 238 g/mol. The maximum absolute atomic E-state index is 4.18. The van der Waals surface area contributed by atoms with Gasteiger partial charge in [0.1, 0.15) is 0 Å². The predicted molar refractivity (Wildman–Crippen MR) is 72.9 cm³/mol. The molecule has 1 aromatic rings. The van der Waals surface area contributed by atoms with Crippen molar-refractivity contribution in [3.8, 4) is 0 Å². The highest BCUT2D eigenvalue weighted by molar-refractivity contribution is 8.00. The van der Waals surface area contributed by atoms with E-state index in [2.05, 4.69) is 44.1 Å². The van der Waals surface area contributed by atoms with Gasteiger partial charge in [0.15, 0.2) is 0 Å². The minimum atomic E-state index is 0.315. The number of nitrogens with one attached hydrogen (secondary N) is 1. The van der Waals surface area contributed by atoms with Crippen molar-refractivity contribution < 1.29 is 0 Å². The second-order valence-electron chi connectivity index (χ2n) is 4.82. The number of thioether (sulfide) groups is 1. The van der Waals surface area contributed by atoms with Crippen molar-refractivity contribution in [2.45, 2.75) is 38.5 Å². The first-order valence-electron chi connectivity index (χ1n) is 5.80. The zero-order chi connectivity index (χ0) is 12.0. The fourth-order valence-electron chi connectivity index (χ4n) is 1.43. The van der Waals surface area contributed by atoms with Crippen LogP contribution < -0.4 is 5.32 Å². The molecule has 1 atom stereocenters. The van der Waals surface area contributed by atoms with Gasteiger partial charge in [0, 0.05) is 28.9 Å². The Balaban J connectivity index is 2.61. The number of pyridine rings is 1. The Labute approximate surface area is 103 Å². The molecule has 2 nitrogen and oxygen atoms in total. The monoisotopic (exact) mass is 238 g/mol. The van der Waals surface area contributed by atoms with Crippen LogP contribution in [0.5, 0.6) is 0 Å². The van der Waals surface area contributed by atoms with Crippen molar-refractivity contribution in [1.82, 2.24) is 10.3 Å². The normalized spacial score (nSPS) is 13.8. The van der Waals surface area contributed by atoms with Crippen LogP contribution in [0, 0.1) is 0 Å². The molecule has 90 valence electrons. The van der Waals surface area contributed by atoms with Crippen LogP contribution in [-0.2, 0) is 0 Å². The molecule has 0 bridgehead atoms. The first-order chi connectivity index (χ1) is 7.53. The Morgan fingerprint density at radius 1 is 1.44 bits per heavy atom. The summed E-state index contributed by atoms with van der Waals surface area (Å²) in [4.78, 5) is 4.18. The Hall–Kier alpha value is -0.540. The van der Waals surface area contributed by atoms with E-state index in [-0.39, 0.29) is 0 Å². The molecule has 0 spiro atoms. The SMILES string of the molecule is CCNC(CSC(C)(C)C)c1cccnc1. The van der Waals surface area contributed by atoms with E-state index < -0.39 is 0 Å². The van der Waals surface area contributed by atoms with Crippen molar-refractivity contribution in [3.63, 3.8) is 0 Å². The first-order valence-corrected chi connectivity index (χ1v) is 6.79. The molecule has 0 amide bonds. The zero-order valence-electron chi connectivity index (χ0n) is 10.7. The van der Waals surface area contributed by atoms with Gasteiger partial charge < -0.3 is 5.32 Å². The average Bonchev–Trinajstić information content (AvgIpc) is 2.24. The summed E-state index contributed by atoms with van der Waals surface area (Å²) in [6.45, 7) is 9.90. The lowest BCUT2D eigenvalue weighted by Gasteiger charge is -2.23. The Morgan fingerprint density at radius 2 is 2.19 bits per heavy atom. The molecular weight excluding hydrogens is 216 g/mol. The molecular formula is C13H22N2S. The summed E-state index contributed by atoms with van der Waals surface area (Å²) in [7, 11) is 0. The van der Waals surface area contributed by atoms with Crippen LogP contribution in [-0.4, -0.2) is 22.0 Å². The van der Waals surface area contributed by atoms with E-state index in [1.165, 1.54) is 5.56 Å². The van der Waals surface area contributed by atoms with E-state index in [0.717, 1.165) is 12.3 Å². The highest BCUT2D eigenvalue weighted by Crippen LogP contribution is 2.28. The second kappa shape index (κ2) is 6.26. The molecule has 0 saturated carbocycles. The van der Waals surface area contributed by atoms with Crippen LogP contribution >= 0.6 is 11.8 Å². The van der Waals surface area contributed by atoms with Crippen LogP contribution in [0.1, 0.15) is 39.3 Å². The Morgan fingerprint density at radius 3 is 2.69 bits per heavy atom. The molecule has 3 heteroatoms. The summed E-state index contributed by atoms with van der Waals surface area (Å²) in [5.41, 5.74) is 1.28. The van der Waals surface area contributed by atoms with E-state index in [1.807, 2.05) is 30.2 Å². The van der Waals surface area contributed by atoms with Gasteiger partial charge in [-0.05, 0) is 18.2 Å². The summed E-state index contributed by atoms with van der Waals surface area (Å²) in [5.74, 6) is 1.09. The summed E-state index contributed by atoms with van der Waals surface area (Å²) >= 11 is 1.99. The summed E-state index contributed by atoms with van der Waals surface area (Å²) < 4.78 is 0.315. The van der Waals surface area contributed by atoms with Gasteiger partial charge in [-0.25, -0.2) is 0 Å². The molecule has 0 aliphatic carbocycles. The van der Waals surface area contributed by atoms with Crippen molar-refractivity contribution >= 4 is 11.8 Å². The summed E-state index contributed by atoms with van der Waals surface area (Å²) in [6.07, 6.45) is 3.78. The minimum Gasteiger partial charge on any atom is -0.309 e. The summed E-state index contributed by atoms with van der Waals surface area (Å²) in [5, 5.41) is 3.51. The van der Waals surface area contributed by atoms with Gasteiger partial charge in [0.05, 0.1) is 0 Å². The van der Waals surface area contributed by atoms with Crippen LogP contribution in [0.25, 0.3) is 0 Å². The summed E-state index contributed by atoms with van der Waals surface area (Å²) in [6, 6.07) is 4.55. The molecule has 0 saturated heterocycles. The second-order valence-corrected chi connectivity index (χ2v) is 6.67. The maximum atomic E-state index is 4.18. The maximum Gasteiger partial charge on any atom is 0.0427 e. The van der Waals surface area contributed by atoms with Crippen LogP contribution in [0.3, 0.4) is 0 Å². The molecule has 16 heavy (non-hydrogen) atoms. The quantitative estimate of drug-likeness (QED) is 0.852. The topological polar surface area (TPSA) is 24.9 Å². The third-order valence-corrected chi connectivity index (χ3v) is 3.59. The number of hydrogen-bond acceptors (Lipinski definition) is 3. The molecule has 0 radical (unpaired) electrons. The van der Waals surface area contributed by atoms with E-state index in [1.54, 1.807) is 0 Å². The van der Waals surface area contributed by atoms with Crippen molar-refractivity contribution in [3.05, 3.63) is 30.1 Å². The third kappa shape index (κ3) is 4.99. The van der Waals surface area contributed by atoms with Gasteiger partial charge in [0.2, 0.25) is 0 Å². The van der Waals surface area contributed by atoms with Crippen molar-refractivity contribution in [1.29, 1.82) is 0 Å². The Kier molecular flexibility index (Phi) is 5.29. The fourth-order valence-corrected chi connectivity index (χ4v) is 2.41. The zero-order valence-corrected chi connectivity index (χ0v) is 11.5. The molecule has 0 aliphatic rings. The molecule has 0 aromatic carbocycles. The largest absolute Gasteiger partial charge is 0.309 e. The van der Waals surface area contributed by atoms with Crippen LogP contribution in [0.2, 0.25) is 0 Å². The van der Waals surface area contributed by atoms with Gasteiger partial charge >= 0.3 is 0 Å². The number of hydrogen-bond donors (Lipinski definition) is 1. The lowest BCUT2D eigenvalue weighted by Crippen LogP contribution is -2.25. The van der Waals surface area contributed by atoms with Crippen molar-refractivity contribution in [2.75, 3.05) is 12.3 Å². The van der Waals surface area contributed by atoms with E-state index in [9.17, 15) is 0 Å². The number of rotatable bonds is 5. The van der Waals surface area contributed by atoms with Crippen molar-refractivity contribution in [2.24, 2.45) is 0 Å². The highest BCUT2D eigenvalue weighted by Gasteiger charge is 2.16. The lowest BCUT2D eigenvalue weighted by atomic mass is 10.1. The van der Waals surface area contributed by atoms with E-state index in [0.29, 0.717) is 10.8 Å². The van der Waals surface area contributed by atoms with Crippen LogP contribution in [0.15, 0.2) is 24.5 Å². The molecule has 1 N–H and O–H groups in total. The van der Waals surface area contributed by atoms with Gasteiger partial charge in [-0.15, -0.1) is 0 Å². The smallest absolute Gasteiger partial charge is 0.0427 e. The standard InChI is InChI=1S/C13H22N2S/c1-5-15-12(10-16-13(2,3)4)11-7-6-8-14-9-11/h6-9,12,15H,5,10H2,1-4H3. The van der Waals surface area contributed by atoms with Gasteiger partial charge in [-0.1, -0.05) is 33.8 Å². The third-order valence-electron chi connectivity index (χ3n) is 2.22. The van der Waals surface area contributed by atoms with Gasteiger partial charge in [-0.2, -0.15) is 11.8 Å². The predicted octanol–water partition coefficient (Wildman–Crippen LogP) is 3.26. The molecule has 0 aliphatic heterocycles. The Bertz CT molecular complexity index is 293. The molecule has 1 rings (SSSR count). The number of aromatic nitrogens is 1.